The third-order valence-electron chi connectivity index (χ3n) is 3.28. The second-order valence-corrected chi connectivity index (χ2v) is 4.77. The fourth-order valence-corrected chi connectivity index (χ4v) is 2.13. The van der Waals surface area contributed by atoms with E-state index in [0.29, 0.717) is 24.1 Å². The number of carbonyl (C=O) groups is 1. The number of hydrogen-bond donors (Lipinski definition) is 2. The Balaban J connectivity index is 1.56. The van der Waals surface area contributed by atoms with Gasteiger partial charge in [-0.15, -0.1) is 0 Å². The van der Waals surface area contributed by atoms with Gasteiger partial charge in [0, 0.05) is 17.5 Å². The normalized spacial score (nSPS) is 12.4. The molecule has 3 rings (SSSR count). The van der Waals surface area contributed by atoms with Crippen molar-refractivity contribution < 1.29 is 18.7 Å². The third-order valence-corrected chi connectivity index (χ3v) is 3.28. The summed E-state index contributed by atoms with van der Waals surface area (Å²) in [7, 11) is 0. The van der Waals surface area contributed by atoms with Gasteiger partial charge in [-0.25, -0.2) is 0 Å². The van der Waals surface area contributed by atoms with Crippen molar-refractivity contribution in [3.05, 3.63) is 60.2 Å². The van der Waals surface area contributed by atoms with Crippen LogP contribution in [0, 0.1) is 0 Å². The number of furan rings is 2. The van der Waals surface area contributed by atoms with Crippen LogP contribution in [0.1, 0.15) is 28.6 Å². The van der Waals surface area contributed by atoms with Gasteiger partial charge in [-0.05, 0) is 24.6 Å². The molecule has 0 saturated carbocycles. The number of hydrogen-bond acceptors (Lipinski definition) is 4. The van der Waals surface area contributed by atoms with Crippen molar-refractivity contribution in [2.45, 2.75) is 12.5 Å². The lowest BCUT2D eigenvalue weighted by atomic mass is 10.1. The molecule has 1 atom stereocenters. The molecule has 0 unspecified atom stereocenters. The maximum absolute atomic E-state index is 12.0. The van der Waals surface area contributed by atoms with Crippen LogP contribution in [-0.4, -0.2) is 17.6 Å². The van der Waals surface area contributed by atoms with Crippen LogP contribution >= 0.6 is 0 Å². The molecule has 21 heavy (non-hydrogen) atoms. The minimum Gasteiger partial charge on any atom is -0.472 e. The molecule has 2 heterocycles. The summed E-state index contributed by atoms with van der Waals surface area (Å²) in [5.41, 5.74) is 1.38. The Bertz CT molecular complexity index is 697. The zero-order valence-electron chi connectivity index (χ0n) is 11.3. The Labute approximate surface area is 121 Å². The molecule has 0 aliphatic heterocycles. The van der Waals surface area contributed by atoms with E-state index in [0.717, 1.165) is 5.39 Å². The average Bonchev–Trinajstić information content (AvgIpc) is 3.16. The SMILES string of the molecule is O=C(NCC[C@@H](O)c1ccoc1)c1cc2ccccc2o1. The Morgan fingerprint density at radius 1 is 1.29 bits per heavy atom. The smallest absolute Gasteiger partial charge is 0.287 e. The summed E-state index contributed by atoms with van der Waals surface area (Å²) < 4.78 is 10.4. The summed E-state index contributed by atoms with van der Waals surface area (Å²) in [6.07, 6.45) is 2.75. The van der Waals surface area contributed by atoms with Crippen molar-refractivity contribution in [2.24, 2.45) is 0 Å². The molecule has 0 fully saturated rings. The van der Waals surface area contributed by atoms with E-state index in [1.165, 1.54) is 12.5 Å². The molecule has 0 aliphatic rings. The molecule has 5 nitrogen and oxygen atoms in total. The highest BCUT2D eigenvalue weighted by Gasteiger charge is 2.13. The Morgan fingerprint density at radius 2 is 2.14 bits per heavy atom. The quantitative estimate of drug-likeness (QED) is 0.755. The highest BCUT2D eigenvalue weighted by Crippen LogP contribution is 2.19. The molecule has 108 valence electrons. The summed E-state index contributed by atoms with van der Waals surface area (Å²) in [4.78, 5) is 12.0. The zero-order chi connectivity index (χ0) is 14.7. The fraction of sp³-hybridized carbons (Fsp3) is 0.188. The minimum absolute atomic E-state index is 0.272. The fourth-order valence-electron chi connectivity index (χ4n) is 2.13. The standard InChI is InChI=1S/C16H15NO4/c18-13(12-6-8-20-10-12)5-7-17-16(19)15-9-11-3-1-2-4-14(11)21-15/h1-4,6,8-10,13,18H,5,7H2,(H,17,19)/t13-/m1/s1. The third kappa shape index (κ3) is 2.98. The molecule has 0 radical (unpaired) electrons. The lowest BCUT2D eigenvalue weighted by Gasteiger charge is -2.08. The predicted octanol–water partition coefficient (Wildman–Crippen LogP) is 2.88. The number of carbonyl (C=O) groups excluding carboxylic acids is 1. The van der Waals surface area contributed by atoms with E-state index in [1.807, 2.05) is 24.3 Å². The molecule has 0 bridgehead atoms. The van der Waals surface area contributed by atoms with Gasteiger partial charge in [0.05, 0.1) is 18.6 Å². The van der Waals surface area contributed by atoms with Crippen molar-refractivity contribution >= 4 is 16.9 Å². The molecule has 2 N–H and O–H groups in total. The second-order valence-electron chi connectivity index (χ2n) is 4.77. The number of amides is 1. The van der Waals surface area contributed by atoms with Gasteiger partial charge in [0.1, 0.15) is 5.58 Å². The molecule has 5 heteroatoms. The Hall–Kier alpha value is -2.53. The van der Waals surface area contributed by atoms with E-state index in [4.69, 9.17) is 8.83 Å². The van der Waals surface area contributed by atoms with Crippen molar-refractivity contribution in [1.82, 2.24) is 5.32 Å². The largest absolute Gasteiger partial charge is 0.472 e. The number of aliphatic hydroxyl groups is 1. The lowest BCUT2D eigenvalue weighted by molar-refractivity contribution is 0.0917. The summed E-state index contributed by atoms with van der Waals surface area (Å²) in [6.45, 7) is 0.349. The minimum atomic E-state index is -0.653. The Morgan fingerprint density at radius 3 is 2.90 bits per heavy atom. The molecule has 0 saturated heterocycles. The Kier molecular flexibility index (Phi) is 3.75. The van der Waals surface area contributed by atoms with E-state index in [-0.39, 0.29) is 11.7 Å². The first-order valence-electron chi connectivity index (χ1n) is 6.71. The molecular weight excluding hydrogens is 270 g/mol. The maximum atomic E-state index is 12.0. The molecular formula is C16H15NO4. The van der Waals surface area contributed by atoms with E-state index < -0.39 is 6.10 Å². The van der Waals surface area contributed by atoms with Crippen LogP contribution in [-0.2, 0) is 0 Å². The van der Waals surface area contributed by atoms with Crippen LogP contribution < -0.4 is 5.32 Å². The van der Waals surface area contributed by atoms with Gasteiger partial charge in [0.25, 0.3) is 5.91 Å². The van der Waals surface area contributed by atoms with E-state index in [2.05, 4.69) is 5.32 Å². The molecule has 1 aromatic carbocycles. The molecule has 1 amide bonds. The first kappa shape index (κ1) is 13.5. The van der Waals surface area contributed by atoms with E-state index in [1.54, 1.807) is 12.1 Å². The van der Waals surface area contributed by atoms with Gasteiger partial charge in [-0.1, -0.05) is 18.2 Å². The number of aliphatic hydroxyl groups excluding tert-OH is 1. The van der Waals surface area contributed by atoms with E-state index >= 15 is 0 Å². The highest BCUT2D eigenvalue weighted by molar-refractivity contribution is 5.95. The highest BCUT2D eigenvalue weighted by atomic mass is 16.3. The number of para-hydroxylation sites is 1. The molecule has 0 spiro atoms. The summed E-state index contributed by atoms with van der Waals surface area (Å²) >= 11 is 0. The summed E-state index contributed by atoms with van der Waals surface area (Å²) in [6, 6.07) is 10.9. The molecule has 0 aliphatic carbocycles. The van der Waals surface area contributed by atoms with Gasteiger partial charge in [-0.3, -0.25) is 4.79 Å². The maximum Gasteiger partial charge on any atom is 0.287 e. The van der Waals surface area contributed by atoms with Gasteiger partial charge < -0.3 is 19.3 Å². The van der Waals surface area contributed by atoms with Crippen molar-refractivity contribution in [2.75, 3.05) is 6.54 Å². The van der Waals surface area contributed by atoms with Crippen molar-refractivity contribution in [3.63, 3.8) is 0 Å². The van der Waals surface area contributed by atoms with Gasteiger partial charge in [0.15, 0.2) is 5.76 Å². The van der Waals surface area contributed by atoms with Gasteiger partial charge in [0.2, 0.25) is 0 Å². The number of fused-ring (bicyclic) bond motifs is 1. The predicted molar refractivity (Wildman–Crippen MR) is 76.8 cm³/mol. The van der Waals surface area contributed by atoms with Crippen LogP contribution in [0.4, 0.5) is 0 Å². The number of nitrogens with one attached hydrogen (secondary N) is 1. The first-order valence-corrected chi connectivity index (χ1v) is 6.71. The number of rotatable bonds is 5. The van der Waals surface area contributed by atoms with Crippen LogP contribution in [0.3, 0.4) is 0 Å². The van der Waals surface area contributed by atoms with Gasteiger partial charge in [-0.2, -0.15) is 0 Å². The summed E-state index contributed by atoms with van der Waals surface area (Å²) in [5, 5.41) is 13.5. The van der Waals surface area contributed by atoms with Crippen molar-refractivity contribution in [3.8, 4) is 0 Å². The topological polar surface area (TPSA) is 75.6 Å². The lowest BCUT2D eigenvalue weighted by Crippen LogP contribution is -2.25. The van der Waals surface area contributed by atoms with Crippen molar-refractivity contribution in [1.29, 1.82) is 0 Å². The van der Waals surface area contributed by atoms with Crippen LogP contribution in [0.2, 0.25) is 0 Å². The van der Waals surface area contributed by atoms with Gasteiger partial charge >= 0.3 is 0 Å². The molecule has 3 aromatic rings. The summed E-state index contributed by atoms with van der Waals surface area (Å²) in [5.74, 6) is -0.0143. The monoisotopic (exact) mass is 285 g/mol. The second kappa shape index (κ2) is 5.85. The van der Waals surface area contributed by atoms with Crippen LogP contribution in [0.5, 0.6) is 0 Å². The molecule has 2 aromatic heterocycles. The van der Waals surface area contributed by atoms with E-state index in [9.17, 15) is 9.90 Å². The van der Waals surface area contributed by atoms with Crippen LogP contribution in [0.15, 0.2) is 57.8 Å². The van der Waals surface area contributed by atoms with Crippen LogP contribution in [0.25, 0.3) is 11.0 Å². The zero-order valence-corrected chi connectivity index (χ0v) is 11.3. The average molecular weight is 285 g/mol. The number of benzene rings is 1. The first-order chi connectivity index (χ1) is 10.2.